The minimum absolute atomic E-state index is 0.0661. The molecule has 32 heavy (non-hydrogen) atoms. The third-order valence-electron chi connectivity index (χ3n) is 12.0. The average molecular weight is 449 g/mol. The SMILES string of the molecule is C[C@@H]1CC[C@@]2(OC1)O[C@@H]1[C@H](O)[C@@H]3[C@H]4CC[C@@H]5C[C@@H](O)[C@@H](O)C[C@@]5(C)[C@@H]4CC[C@@]3(C)[C@@H]1[C@@H]2C. The summed E-state index contributed by atoms with van der Waals surface area (Å²) in [5.41, 5.74) is 0.146. The smallest absolute Gasteiger partial charge is 0.171 e. The molecule has 6 rings (SSSR count). The van der Waals surface area contributed by atoms with Gasteiger partial charge in [0.15, 0.2) is 5.79 Å². The molecule has 6 aliphatic rings. The molecule has 2 aliphatic heterocycles. The molecule has 1 spiro atoms. The number of hydrogen-bond acceptors (Lipinski definition) is 5. The van der Waals surface area contributed by atoms with Gasteiger partial charge in [-0.3, -0.25) is 0 Å². The quantitative estimate of drug-likeness (QED) is 0.526. The maximum absolute atomic E-state index is 11.8. The van der Waals surface area contributed by atoms with Gasteiger partial charge in [-0.25, -0.2) is 0 Å². The van der Waals surface area contributed by atoms with Gasteiger partial charge in [-0.15, -0.1) is 0 Å². The lowest BCUT2D eigenvalue weighted by Crippen LogP contribution is -2.58. The Balaban J connectivity index is 1.30. The first-order chi connectivity index (χ1) is 15.1. The zero-order valence-corrected chi connectivity index (χ0v) is 20.4. The van der Waals surface area contributed by atoms with E-state index >= 15 is 0 Å². The van der Waals surface area contributed by atoms with Gasteiger partial charge in [0.2, 0.25) is 0 Å². The van der Waals surface area contributed by atoms with Crippen LogP contribution in [0.15, 0.2) is 0 Å². The van der Waals surface area contributed by atoms with Gasteiger partial charge in [-0.05, 0) is 85.4 Å². The predicted octanol–water partition coefficient (Wildman–Crippen LogP) is 3.74. The summed E-state index contributed by atoms with van der Waals surface area (Å²) in [7, 11) is 0. The summed E-state index contributed by atoms with van der Waals surface area (Å²) in [5.74, 6) is 2.49. The molecule has 0 aromatic heterocycles. The van der Waals surface area contributed by atoms with Crippen LogP contribution in [0.2, 0.25) is 0 Å². The molecule has 0 amide bonds. The second-order valence-corrected chi connectivity index (χ2v) is 13.3. The average Bonchev–Trinajstić information content (AvgIpc) is 3.15. The molecule has 2 saturated heterocycles. The molecule has 14 atom stereocenters. The van der Waals surface area contributed by atoms with Crippen LogP contribution in [-0.4, -0.2) is 52.1 Å². The monoisotopic (exact) mass is 448 g/mol. The van der Waals surface area contributed by atoms with E-state index in [0.717, 1.165) is 45.1 Å². The number of rotatable bonds is 0. The third-order valence-corrected chi connectivity index (χ3v) is 12.0. The van der Waals surface area contributed by atoms with Crippen LogP contribution < -0.4 is 0 Å². The Labute approximate surface area is 193 Å². The second kappa shape index (κ2) is 7.16. The van der Waals surface area contributed by atoms with E-state index in [1.807, 2.05) is 0 Å². The molecule has 3 N–H and O–H groups in total. The molecule has 0 bridgehead atoms. The van der Waals surface area contributed by atoms with E-state index in [-0.39, 0.29) is 22.9 Å². The maximum atomic E-state index is 11.8. The highest BCUT2D eigenvalue weighted by atomic mass is 16.7. The summed E-state index contributed by atoms with van der Waals surface area (Å²) in [4.78, 5) is 0. The highest BCUT2D eigenvalue weighted by Gasteiger charge is 2.72. The first-order valence-corrected chi connectivity index (χ1v) is 13.5. The molecule has 4 aliphatic carbocycles. The van der Waals surface area contributed by atoms with Crippen molar-refractivity contribution in [2.45, 2.75) is 109 Å². The third kappa shape index (κ3) is 2.75. The molecule has 6 fully saturated rings. The van der Waals surface area contributed by atoms with Crippen LogP contribution in [0.4, 0.5) is 0 Å². The standard InChI is InChI=1S/C27H44O5/c1-14-7-10-27(31-13-14)15(2)21-24(32-27)23(30)22-17-6-5-16-11-19(28)20(29)12-26(16,4)18(17)8-9-25(21,22)3/h14-24,28-30H,5-13H2,1-4H3/t14-,15+,16-,17+,18-,19-,20+,21-,22+,23-,24+,25+,26-,27-/m1/s1. The van der Waals surface area contributed by atoms with E-state index in [4.69, 9.17) is 9.47 Å². The van der Waals surface area contributed by atoms with Crippen molar-refractivity contribution in [2.24, 2.45) is 52.3 Å². The van der Waals surface area contributed by atoms with Gasteiger partial charge in [-0.2, -0.15) is 0 Å². The van der Waals surface area contributed by atoms with Gasteiger partial charge in [-0.1, -0.05) is 27.7 Å². The van der Waals surface area contributed by atoms with Crippen LogP contribution >= 0.6 is 0 Å². The first kappa shape index (κ1) is 22.3. The second-order valence-electron chi connectivity index (χ2n) is 13.3. The van der Waals surface area contributed by atoms with Crippen LogP contribution in [0.25, 0.3) is 0 Å². The van der Waals surface area contributed by atoms with Crippen molar-refractivity contribution in [3.8, 4) is 0 Å². The molecule has 0 aromatic carbocycles. The van der Waals surface area contributed by atoms with Crippen LogP contribution in [-0.2, 0) is 9.47 Å². The summed E-state index contributed by atoms with van der Waals surface area (Å²) in [6.07, 6.45) is 6.33. The lowest BCUT2D eigenvalue weighted by Gasteiger charge is -2.62. The normalized spacial score (nSPS) is 64.0. The fourth-order valence-corrected chi connectivity index (χ4v) is 10.3. The molecule has 182 valence electrons. The molecule has 5 heteroatoms. The Bertz CT molecular complexity index is 748. The molecule has 0 radical (unpaired) electrons. The summed E-state index contributed by atoms with van der Waals surface area (Å²) in [6.45, 7) is 10.2. The molecule has 5 nitrogen and oxygen atoms in total. The Morgan fingerprint density at radius 2 is 1.62 bits per heavy atom. The Hall–Kier alpha value is -0.200. The van der Waals surface area contributed by atoms with E-state index in [9.17, 15) is 15.3 Å². The van der Waals surface area contributed by atoms with E-state index in [0.29, 0.717) is 41.9 Å². The Morgan fingerprint density at radius 1 is 0.844 bits per heavy atom. The maximum Gasteiger partial charge on any atom is 0.171 e. The van der Waals surface area contributed by atoms with Gasteiger partial charge in [0, 0.05) is 18.3 Å². The summed E-state index contributed by atoms with van der Waals surface area (Å²) in [5, 5.41) is 32.7. The van der Waals surface area contributed by atoms with Crippen LogP contribution in [0, 0.1) is 52.3 Å². The summed E-state index contributed by atoms with van der Waals surface area (Å²) < 4.78 is 13.1. The van der Waals surface area contributed by atoms with Crippen molar-refractivity contribution >= 4 is 0 Å². The predicted molar refractivity (Wildman–Crippen MR) is 121 cm³/mol. The molecule has 0 unspecified atom stereocenters. The summed E-state index contributed by atoms with van der Waals surface area (Å²) >= 11 is 0. The van der Waals surface area contributed by atoms with Crippen LogP contribution in [0.3, 0.4) is 0 Å². The van der Waals surface area contributed by atoms with E-state index in [2.05, 4.69) is 27.7 Å². The number of aliphatic hydroxyl groups is 3. The lowest BCUT2D eigenvalue weighted by molar-refractivity contribution is -0.282. The van der Waals surface area contributed by atoms with E-state index < -0.39 is 24.1 Å². The van der Waals surface area contributed by atoms with Gasteiger partial charge in [0.05, 0.1) is 31.0 Å². The van der Waals surface area contributed by atoms with Gasteiger partial charge in [0.1, 0.15) is 0 Å². The Morgan fingerprint density at radius 3 is 2.34 bits per heavy atom. The fourth-order valence-electron chi connectivity index (χ4n) is 10.3. The zero-order valence-electron chi connectivity index (χ0n) is 20.4. The minimum Gasteiger partial charge on any atom is -0.390 e. The molecular formula is C27H44O5. The molecular weight excluding hydrogens is 404 g/mol. The minimum atomic E-state index is -0.606. The fraction of sp³-hybridized carbons (Fsp3) is 1.00. The summed E-state index contributed by atoms with van der Waals surface area (Å²) in [6, 6.07) is 0. The van der Waals surface area contributed by atoms with Crippen molar-refractivity contribution in [3.05, 3.63) is 0 Å². The number of fused-ring (bicyclic) bond motifs is 7. The number of aliphatic hydroxyl groups excluding tert-OH is 3. The molecule has 0 aromatic rings. The van der Waals surface area contributed by atoms with Gasteiger partial charge >= 0.3 is 0 Å². The number of hydrogen-bond donors (Lipinski definition) is 3. The van der Waals surface area contributed by atoms with E-state index in [1.165, 1.54) is 6.42 Å². The highest BCUT2D eigenvalue weighted by Crippen LogP contribution is 2.71. The van der Waals surface area contributed by atoms with Crippen LogP contribution in [0.1, 0.15) is 79.1 Å². The largest absolute Gasteiger partial charge is 0.390 e. The zero-order chi connectivity index (χ0) is 22.6. The molecule has 2 heterocycles. The van der Waals surface area contributed by atoms with Crippen molar-refractivity contribution in [2.75, 3.05) is 6.61 Å². The van der Waals surface area contributed by atoms with Crippen molar-refractivity contribution < 1.29 is 24.8 Å². The molecule has 4 saturated carbocycles. The number of ether oxygens (including phenoxy) is 2. The first-order valence-electron chi connectivity index (χ1n) is 13.5. The van der Waals surface area contributed by atoms with Crippen molar-refractivity contribution in [3.63, 3.8) is 0 Å². The topological polar surface area (TPSA) is 79.2 Å². The van der Waals surface area contributed by atoms with Gasteiger partial charge < -0.3 is 24.8 Å². The van der Waals surface area contributed by atoms with Crippen molar-refractivity contribution in [1.29, 1.82) is 0 Å². The Kier molecular flexibility index (Phi) is 4.99. The highest BCUT2D eigenvalue weighted by molar-refractivity contribution is 5.18. The van der Waals surface area contributed by atoms with E-state index in [1.54, 1.807) is 0 Å². The lowest BCUT2D eigenvalue weighted by atomic mass is 9.44. The van der Waals surface area contributed by atoms with Crippen LogP contribution in [0.5, 0.6) is 0 Å². The van der Waals surface area contributed by atoms with Gasteiger partial charge in [0.25, 0.3) is 0 Å². The van der Waals surface area contributed by atoms with Crippen molar-refractivity contribution in [1.82, 2.24) is 0 Å².